The van der Waals surface area contributed by atoms with Gasteiger partial charge < -0.3 is 9.64 Å². The molecular weight excluding hydrogens is 420 g/mol. The number of halogens is 1. The first-order valence-corrected chi connectivity index (χ1v) is 12.1. The van der Waals surface area contributed by atoms with Crippen LogP contribution in [0.1, 0.15) is 18.9 Å². The number of nitrogens with zero attached hydrogens (tertiary/aromatic N) is 4. The number of hydrogen-bond donors (Lipinski definition) is 0. The lowest BCUT2D eigenvalue weighted by atomic mass is 9.99. The highest BCUT2D eigenvalue weighted by Gasteiger charge is 2.31. The summed E-state index contributed by atoms with van der Waals surface area (Å²) < 4.78 is 19.7. The van der Waals surface area contributed by atoms with E-state index in [-0.39, 0.29) is 0 Å². The van der Waals surface area contributed by atoms with Gasteiger partial charge in [0.05, 0.1) is 35.0 Å². The van der Waals surface area contributed by atoms with E-state index in [4.69, 9.17) is 16.3 Å². The summed E-state index contributed by atoms with van der Waals surface area (Å²) in [5.41, 5.74) is 2.52. The van der Waals surface area contributed by atoms with E-state index in [1.807, 2.05) is 16.4 Å². The molecule has 1 unspecified atom stereocenters. The van der Waals surface area contributed by atoms with Crippen LogP contribution in [0.5, 0.6) is 5.75 Å². The molecule has 1 fully saturated rings. The van der Waals surface area contributed by atoms with Crippen LogP contribution in [0.3, 0.4) is 0 Å². The number of anilines is 1. The molecule has 160 valence electrons. The molecule has 6 nitrogen and oxygen atoms in total. The van der Waals surface area contributed by atoms with Gasteiger partial charge in [0.2, 0.25) is 5.95 Å². The first-order valence-electron chi connectivity index (χ1n) is 10.2. The molecular formula is C22H27ClN4O2S. The minimum Gasteiger partial charge on any atom is -0.493 e. The molecule has 0 aliphatic carbocycles. The van der Waals surface area contributed by atoms with Crippen LogP contribution >= 0.6 is 11.6 Å². The van der Waals surface area contributed by atoms with E-state index in [0.29, 0.717) is 23.5 Å². The zero-order chi connectivity index (χ0) is 21.1. The van der Waals surface area contributed by atoms with Crippen LogP contribution < -0.4 is 9.64 Å². The number of ether oxygens (including phenoxy) is 1. The van der Waals surface area contributed by atoms with Crippen LogP contribution in [0.4, 0.5) is 5.95 Å². The standard InChI is InChI=1S/C22H27ClN4O2S/c1-16-13-26(22-24-11-20(23)12-25-22)14-19(16)15-29-21-5-3-17(4-6-21)18-7-9-27(10-8-18)30(2)28/h3-7,11-12,16,19H,8-10,13-15H2,1-2H3/t16-,19-,30?/m0/s1. The lowest BCUT2D eigenvalue weighted by Crippen LogP contribution is -2.29. The van der Waals surface area contributed by atoms with E-state index in [1.54, 1.807) is 18.6 Å². The fraction of sp³-hybridized carbons (Fsp3) is 0.455. The topological polar surface area (TPSA) is 58.6 Å². The largest absolute Gasteiger partial charge is 0.493 e. The molecule has 0 radical (unpaired) electrons. The van der Waals surface area contributed by atoms with Crippen LogP contribution in [0.2, 0.25) is 5.02 Å². The van der Waals surface area contributed by atoms with Gasteiger partial charge in [-0.3, -0.25) is 0 Å². The Hall–Kier alpha value is -1.96. The Bertz CT molecular complexity index is 920. The van der Waals surface area contributed by atoms with Gasteiger partial charge in [-0.15, -0.1) is 0 Å². The zero-order valence-electron chi connectivity index (χ0n) is 17.3. The highest BCUT2D eigenvalue weighted by Crippen LogP contribution is 2.28. The Kier molecular flexibility index (Phi) is 6.71. The molecule has 2 aliphatic heterocycles. The lowest BCUT2D eigenvalue weighted by molar-refractivity contribution is 0.233. The van der Waals surface area contributed by atoms with Crippen molar-refractivity contribution in [2.24, 2.45) is 11.8 Å². The van der Waals surface area contributed by atoms with Gasteiger partial charge in [-0.2, -0.15) is 0 Å². The molecule has 1 aromatic carbocycles. The Morgan fingerprint density at radius 3 is 2.57 bits per heavy atom. The molecule has 0 bridgehead atoms. The van der Waals surface area contributed by atoms with Crippen LogP contribution in [0, 0.1) is 11.8 Å². The van der Waals surface area contributed by atoms with E-state index >= 15 is 0 Å². The fourth-order valence-corrected chi connectivity index (χ4v) is 4.73. The maximum atomic E-state index is 11.6. The summed E-state index contributed by atoms with van der Waals surface area (Å²) >= 11 is 5.89. The third-order valence-corrected chi connectivity index (χ3v) is 7.14. The van der Waals surface area contributed by atoms with Crippen molar-refractivity contribution >= 4 is 34.1 Å². The molecule has 2 aliphatic rings. The molecule has 1 saturated heterocycles. The van der Waals surface area contributed by atoms with Crippen molar-refractivity contribution < 1.29 is 8.95 Å². The van der Waals surface area contributed by atoms with E-state index in [1.165, 1.54) is 11.1 Å². The summed E-state index contributed by atoms with van der Waals surface area (Å²) in [5.74, 6) is 2.54. The Labute approximate surface area is 185 Å². The van der Waals surface area contributed by atoms with Gasteiger partial charge >= 0.3 is 0 Å². The molecule has 0 N–H and O–H groups in total. The summed E-state index contributed by atoms with van der Waals surface area (Å²) in [4.78, 5) is 10.9. The number of benzene rings is 1. The first kappa shape index (κ1) is 21.3. The van der Waals surface area contributed by atoms with E-state index in [9.17, 15) is 4.21 Å². The third kappa shape index (κ3) is 5.02. The lowest BCUT2D eigenvalue weighted by Gasteiger charge is -2.23. The van der Waals surface area contributed by atoms with Crippen LogP contribution in [-0.4, -0.2) is 57.5 Å². The normalized spacial score (nSPS) is 23.3. The molecule has 3 atom stereocenters. The summed E-state index contributed by atoms with van der Waals surface area (Å²) in [6.45, 7) is 6.29. The third-order valence-electron chi connectivity index (χ3n) is 5.88. The predicted octanol–water partition coefficient (Wildman–Crippen LogP) is 3.66. The fourth-order valence-electron chi connectivity index (χ4n) is 4.00. The molecule has 2 aromatic rings. The van der Waals surface area contributed by atoms with Gasteiger partial charge in [-0.1, -0.05) is 36.7 Å². The van der Waals surface area contributed by atoms with E-state index in [0.717, 1.165) is 44.3 Å². The second-order valence-corrected chi connectivity index (χ2v) is 9.77. The maximum absolute atomic E-state index is 11.6. The summed E-state index contributed by atoms with van der Waals surface area (Å²) in [7, 11) is -0.899. The predicted molar refractivity (Wildman–Crippen MR) is 122 cm³/mol. The Morgan fingerprint density at radius 1 is 1.20 bits per heavy atom. The van der Waals surface area contributed by atoms with Crippen LogP contribution in [0.25, 0.3) is 5.57 Å². The van der Waals surface area contributed by atoms with Crippen LogP contribution in [-0.2, 0) is 11.0 Å². The second kappa shape index (κ2) is 9.45. The maximum Gasteiger partial charge on any atom is 0.225 e. The molecule has 0 spiro atoms. The van der Waals surface area contributed by atoms with Crippen molar-refractivity contribution in [3.63, 3.8) is 0 Å². The van der Waals surface area contributed by atoms with Gasteiger partial charge in [0.1, 0.15) is 5.75 Å². The minimum absolute atomic E-state index is 0.422. The molecule has 1 aromatic heterocycles. The van der Waals surface area contributed by atoms with Crippen molar-refractivity contribution in [1.29, 1.82) is 0 Å². The van der Waals surface area contributed by atoms with Gasteiger partial charge in [-0.25, -0.2) is 18.5 Å². The Balaban J connectivity index is 1.31. The number of hydrogen-bond acceptors (Lipinski definition) is 5. The van der Waals surface area contributed by atoms with Crippen molar-refractivity contribution in [3.8, 4) is 5.75 Å². The molecule has 0 saturated carbocycles. The summed E-state index contributed by atoms with van der Waals surface area (Å²) in [6.07, 6.45) is 8.11. The van der Waals surface area contributed by atoms with Crippen molar-refractivity contribution in [2.45, 2.75) is 13.3 Å². The van der Waals surface area contributed by atoms with Crippen molar-refractivity contribution in [2.75, 3.05) is 43.9 Å². The smallest absolute Gasteiger partial charge is 0.225 e. The van der Waals surface area contributed by atoms with Gasteiger partial charge in [0, 0.05) is 38.4 Å². The van der Waals surface area contributed by atoms with E-state index in [2.05, 4.69) is 40.0 Å². The first-order chi connectivity index (χ1) is 14.5. The molecule has 0 amide bonds. The Morgan fingerprint density at radius 2 is 1.93 bits per heavy atom. The molecule has 4 rings (SSSR count). The monoisotopic (exact) mass is 446 g/mol. The zero-order valence-corrected chi connectivity index (χ0v) is 18.9. The van der Waals surface area contributed by atoms with Crippen molar-refractivity contribution in [1.82, 2.24) is 14.3 Å². The van der Waals surface area contributed by atoms with Gasteiger partial charge in [-0.05, 0) is 35.6 Å². The molecule has 30 heavy (non-hydrogen) atoms. The second-order valence-electron chi connectivity index (χ2n) is 7.97. The molecule has 3 heterocycles. The average Bonchev–Trinajstić information content (AvgIpc) is 3.13. The quantitative estimate of drug-likeness (QED) is 0.677. The van der Waals surface area contributed by atoms with Crippen LogP contribution in [0.15, 0.2) is 42.7 Å². The van der Waals surface area contributed by atoms with Crippen molar-refractivity contribution in [3.05, 3.63) is 53.3 Å². The SMILES string of the molecule is C[C@H]1CN(c2ncc(Cl)cn2)C[C@H]1COc1ccc(C2=CCN(S(C)=O)CC2)cc1. The average molecular weight is 447 g/mol. The highest BCUT2D eigenvalue weighted by atomic mass is 35.5. The summed E-state index contributed by atoms with van der Waals surface area (Å²) in [5, 5.41) is 0.552. The number of aromatic nitrogens is 2. The summed E-state index contributed by atoms with van der Waals surface area (Å²) in [6, 6.07) is 8.32. The highest BCUT2D eigenvalue weighted by molar-refractivity contribution is 7.81. The van der Waals surface area contributed by atoms with E-state index < -0.39 is 11.0 Å². The van der Waals surface area contributed by atoms with Gasteiger partial charge in [0.25, 0.3) is 0 Å². The van der Waals surface area contributed by atoms with Gasteiger partial charge in [0.15, 0.2) is 0 Å². The number of rotatable bonds is 6. The minimum atomic E-state index is -0.899. The molecule has 8 heteroatoms.